The maximum Gasteiger partial charge on any atom is 0.140 e. The zero-order valence-electron chi connectivity index (χ0n) is 13.3. The van der Waals surface area contributed by atoms with Crippen LogP contribution in [-0.2, 0) is 4.74 Å². The number of nitrogens with one attached hydrogen (secondary N) is 1. The van der Waals surface area contributed by atoms with E-state index in [-0.39, 0.29) is 11.9 Å². The number of hydrogen-bond acceptors (Lipinski definition) is 5. The zero-order chi connectivity index (χ0) is 16.8. The lowest BCUT2D eigenvalue weighted by Crippen LogP contribution is -2.41. The van der Waals surface area contributed by atoms with Crippen LogP contribution in [0.4, 0.5) is 10.1 Å². The Morgan fingerprint density at radius 3 is 2.58 bits per heavy atom. The van der Waals surface area contributed by atoms with Crippen LogP contribution in [0.2, 0.25) is 0 Å². The number of rotatable bonds is 5. The van der Waals surface area contributed by atoms with Gasteiger partial charge in [-0.3, -0.25) is 4.90 Å². The molecule has 0 saturated carbocycles. The molecule has 1 N–H and O–H groups in total. The Hall–Kier alpha value is -2.49. The van der Waals surface area contributed by atoms with Crippen LogP contribution in [0.1, 0.15) is 17.3 Å². The van der Waals surface area contributed by atoms with E-state index in [4.69, 9.17) is 10.00 Å². The third-order valence-corrected chi connectivity index (χ3v) is 4.12. The van der Waals surface area contributed by atoms with Crippen LogP contribution in [0.25, 0.3) is 0 Å². The minimum absolute atomic E-state index is 0.116. The molecule has 0 spiro atoms. The quantitative estimate of drug-likeness (QED) is 0.915. The summed E-state index contributed by atoms with van der Waals surface area (Å²) in [6, 6.07) is 12.3. The number of pyridine rings is 1. The summed E-state index contributed by atoms with van der Waals surface area (Å²) in [6.07, 6.45) is 1.65. The molecular weight excluding hydrogens is 307 g/mol. The van der Waals surface area contributed by atoms with Crippen LogP contribution >= 0.6 is 0 Å². The second kappa shape index (κ2) is 7.86. The molecule has 3 rings (SSSR count). The van der Waals surface area contributed by atoms with Gasteiger partial charge in [-0.15, -0.1) is 0 Å². The molecule has 1 aliphatic heterocycles. The van der Waals surface area contributed by atoms with Crippen LogP contribution in [-0.4, -0.2) is 42.7 Å². The molecule has 0 bridgehead atoms. The molecule has 2 heterocycles. The predicted molar refractivity (Wildman–Crippen MR) is 89.0 cm³/mol. The van der Waals surface area contributed by atoms with Gasteiger partial charge in [-0.2, -0.15) is 5.26 Å². The smallest absolute Gasteiger partial charge is 0.140 e. The normalized spacial score (nSPS) is 16.3. The van der Waals surface area contributed by atoms with Crippen molar-refractivity contribution in [3.63, 3.8) is 0 Å². The second-order valence-corrected chi connectivity index (χ2v) is 5.64. The van der Waals surface area contributed by atoms with E-state index in [2.05, 4.69) is 15.2 Å². The highest BCUT2D eigenvalue weighted by Gasteiger charge is 2.22. The summed E-state index contributed by atoms with van der Waals surface area (Å²) in [5.74, 6) is -0.233. The second-order valence-electron chi connectivity index (χ2n) is 5.64. The molecule has 5 nitrogen and oxygen atoms in total. The van der Waals surface area contributed by atoms with Crippen molar-refractivity contribution in [3.8, 4) is 6.07 Å². The van der Waals surface area contributed by atoms with Gasteiger partial charge in [0.2, 0.25) is 0 Å². The molecular formula is C18H19FN4O. The van der Waals surface area contributed by atoms with Crippen molar-refractivity contribution >= 4 is 5.69 Å². The van der Waals surface area contributed by atoms with E-state index in [0.29, 0.717) is 25.5 Å². The molecule has 2 aromatic rings. The van der Waals surface area contributed by atoms with Crippen LogP contribution in [0.3, 0.4) is 0 Å². The largest absolute Gasteiger partial charge is 0.382 e. The molecule has 24 heavy (non-hydrogen) atoms. The zero-order valence-corrected chi connectivity index (χ0v) is 13.3. The van der Waals surface area contributed by atoms with Gasteiger partial charge in [0.25, 0.3) is 0 Å². The van der Waals surface area contributed by atoms with E-state index in [1.165, 1.54) is 12.1 Å². The van der Waals surface area contributed by atoms with Gasteiger partial charge in [0.05, 0.1) is 31.1 Å². The first kappa shape index (κ1) is 16.4. The number of halogens is 1. The van der Waals surface area contributed by atoms with Crippen LogP contribution in [0.5, 0.6) is 0 Å². The third-order valence-electron chi connectivity index (χ3n) is 4.12. The van der Waals surface area contributed by atoms with Crippen LogP contribution in [0.15, 0.2) is 42.6 Å². The van der Waals surface area contributed by atoms with Crippen molar-refractivity contribution in [2.75, 3.05) is 38.2 Å². The number of ether oxygens (including phenoxy) is 1. The number of hydrogen-bond donors (Lipinski definition) is 1. The van der Waals surface area contributed by atoms with Crippen molar-refractivity contribution in [1.29, 1.82) is 5.26 Å². The van der Waals surface area contributed by atoms with Gasteiger partial charge in [-0.05, 0) is 29.8 Å². The summed E-state index contributed by atoms with van der Waals surface area (Å²) >= 11 is 0. The van der Waals surface area contributed by atoms with Crippen molar-refractivity contribution in [3.05, 3.63) is 59.7 Å². The highest BCUT2D eigenvalue weighted by Crippen LogP contribution is 2.23. The van der Waals surface area contributed by atoms with Gasteiger partial charge < -0.3 is 10.1 Å². The maximum atomic E-state index is 13.2. The summed E-state index contributed by atoms with van der Waals surface area (Å²) in [5, 5.41) is 12.2. The Kier molecular flexibility index (Phi) is 5.36. The Bertz CT molecular complexity index is 690. The lowest BCUT2D eigenvalue weighted by molar-refractivity contribution is 0.0187. The SMILES string of the molecule is N#Cc1ccc(NCC(c2ccc(F)cc2)N2CCOCC2)cn1. The molecule has 1 aromatic carbocycles. The fraction of sp³-hybridized carbons (Fsp3) is 0.333. The number of nitrogens with zero attached hydrogens (tertiary/aromatic N) is 3. The molecule has 1 aliphatic rings. The van der Waals surface area contributed by atoms with Gasteiger partial charge in [-0.1, -0.05) is 12.1 Å². The molecule has 1 fully saturated rings. The molecule has 0 amide bonds. The molecule has 6 heteroatoms. The molecule has 0 aliphatic carbocycles. The average molecular weight is 326 g/mol. The van der Waals surface area contributed by atoms with Gasteiger partial charge in [0.15, 0.2) is 0 Å². The molecule has 0 radical (unpaired) electrons. The predicted octanol–water partition coefficient (Wildman–Crippen LogP) is 2.58. The number of aromatic nitrogens is 1. The minimum atomic E-state index is -0.233. The van der Waals surface area contributed by atoms with Crippen molar-refractivity contribution in [2.24, 2.45) is 0 Å². The van der Waals surface area contributed by atoms with Crippen molar-refractivity contribution in [2.45, 2.75) is 6.04 Å². The number of nitriles is 1. The number of anilines is 1. The monoisotopic (exact) mass is 326 g/mol. The Morgan fingerprint density at radius 2 is 1.96 bits per heavy atom. The number of morpholine rings is 1. The summed E-state index contributed by atoms with van der Waals surface area (Å²) in [7, 11) is 0. The Balaban J connectivity index is 1.73. The lowest BCUT2D eigenvalue weighted by Gasteiger charge is -2.35. The Morgan fingerprint density at radius 1 is 1.21 bits per heavy atom. The third kappa shape index (κ3) is 4.07. The molecule has 124 valence electrons. The number of benzene rings is 1. The fourth-order valence-corrected chi connectivity index (χ4v) is 2.81. The molecule has 1 saturated heterocycles. The lowest BCUT2D eigenvalue weighted by atomic mass is 10.0. The molecule has 1 aromatic heterocycles. The first-order chi connectivity index (χ1) is 11.8. The van der Waals surface area contributed by atoms with E-state index < -0.39 is 0 Å². The summed E-state index contributed by atoms with van der Waals surface area (Å²) in [4.78, 5) is 6.40. The van der Waals surface area contributed by atoms with E-state index in [0.717, 1.165) is 24.3 Å². The maximum absolute atomic E-state index is 13.2. The summed E-state index contributed by atoms with van der Waals surface area (Å²) in [5.41, 5.74) is 2.31. The summed E-state index contributed by atoms with van der Waals surface area (Å²) in [6.45, 7) is 3.76. The topological polar surface area (TPSA) is 61.2 Å². The fourth-order valence-electron chi connectivity index (χ4n) is 2.81. The Labute approximate surface area is 140 Å². The van der Waals surface area contributed by atoms with Crippen LogP contribution in [0, 0.1) is 17.1 Å². The van der Waals surface area contributed by atoms with E-state index in [9.17, 15) is 4.39 Å². The van der Waals surface area contributed by atoms with Crippen molar-refractivity contribution < 1.29 is 9.13 Å². The average Bonchev–Trinajstić information content (AvgIpc) is 2.65. The first-order valence-corrected chi connectivity index (χ1v) is 7.93. The van der Waals surface area contributed by atoms with Gasteiger partial charge >= 0.3 is 0 Å². The van der Waals surface area contributed by atoms with E-state index in [1.807, 2.05) is 24.3 Å². The first-order valence-electron chi connectivity index (χ1n) is 7.93. The highest BCUT2D eigenvalue weighted by atomic mass is 19.1. The van der Waals surface area contributed by atoms with Gasteiger partial charge in [-0.25, -0.2) is 9.37 Å². The van der Waals surface area contributed by atoms with E-state index in [1.54, 1.807) is 12.3 Å². The van der Waals surface area contributed by atoms with E-state index >= 15 is 0 Å². The van der Waals surface area contributed by atoms with Gasteiger partial charge in [0.1, 0.15) is 17.6 Å². The molecule has 1 unspecified atom stereocenters. The minimum Gasteiger partial charge on any atom is -0.382 e. The molecule has 1 atom stereocenters. The van der Waals surface area contributed by atoms with Crippen molar-refractivity contribution in [1.82, 2.24) is 9.88 Å². The summed E-state index contributed by atoms with van der Waals surface area (Å²) < 4.78 is 18.7. The standard InChI is InChI=1S/C18H19FN4O/c19-15-3-1-14(2-4-15)18(23-7-9-24-10-8-23)13-22-17-6-5-16(11-20)21-12-17/h1-6,12,18,22H,7-10,13H2. The van der Waals surface area contributed by atoms with Crippen LogP contribution < -0.4 is 5.32 Å². The highest BCUT2D eigenvalue weighted by molar-refractivity contribution is 5.43. The van der Waals surface area contributed by atoms with Gasteiger partial charge in [0, 0.05) is 19.6 Å².